The van der Waals surface area contributed by atoms with E-state index in [2.05, 4.69) is 0 Å². The van der Waals surface area contributed by atoms with Crippen molar-refractivity contribution in [1.82, 2.24) is 0 Å². The second kappa shape index (κ2) is 5.42. The van der Waals surface area contributed by atoms with E-state index < -0.39 is 0 Å². The van der Waals surface area contributed by atoms with Gasteiger partial charge in [-0.2, -0.15) is 0 Å². The molecule has 0 spiro atoms. The van der Waals surface area contributed by atoms with Crippen LogP contribution in [0.3, 0.4) is 0 Å². The second-order valence-electron chi connectivity index (χ2n) is 3.65. The summed E-state index contributed by atoms with van der Waals surface area (Å²) in [6.45, 7) is 0. The van der Waals surface area contributed by atoms with E-state index in [4.69, 9.17) is 27.9 Å². The lowest BCUT2D eigenvalue weighted by molar-refractivity contribution is 0.103. The van der Waals surface area contributed by atoms with Gasteiger partial charge in [-0.05, 0) is 30.3 Å². The first-order valence-corrected chi connectivity index (χ1v) is 6.02. The number of rotatable bonds is 3. The summed E-state index contributed by atoms with van der Waals surface area (Å²) in [6.07, 6.45) is 0. The minimum Gasteiger partial charge on any atom is -0.496 e. The van der Waals surface area contributed by atoms with E-state index in [1.807, 2.05) is 0 Å². The van der Waals surface area contributed by atoms with Crippen LogP contribution in [0.15, 0.2) is 42.5 Å². The SMILES string of the molecule is COc1ccccc1C(=O)c1cc(Cl)ccc1Cl. The van der Waals surface area contributed by atoms with Crippen LogP contribution in [0.2, 0.25) is 10.0 Å². The van der Waals surface area contributed by atoms with Crippen LogP contribution in [0.25, 0.3) is 0 Å². The maximum atomic E-state index is 12.4. The number of carbonyl (C=O) groups excluding carboxylic acids is 1. The molecule has 0 aliphatic carbocycles. The number of carbonyl (C=O) groups is 1. The first-order valence-electron chi connectivity index (χ1n) is 5.26. The standard InChI is InChI=1S/C14H10Cl2O2/c1-18-13-5-3-2-4-10(13)14(17)11-8-9(15)6-7-12(11)16/h2-8H,1H3. The van der Waals surface area contributed by atoms with Gasteiger partial charge in [0.15, 0.2) is 5.78 Å². The number of ketones is 1. The summed E-state index contributed by atoms with van der Waals surface area (Å²) in [5.74, 6) is 0.304. The topological polar surface area (TPSA) is 26.3 Å². The summed E-state index contributed by atoms with van der Waals surface area (Å²) in [6, 6.07) is 11.8. The summed E-state index contributed by atoms with van der Waals surface area (Å²) in [4.78, 5) is 12.4. The Kier molecular flexibility index (Phi) is 3.90. The van der Waals surface area contributed by atoms with Gasteiger partial charge in [-0.1, -0.05) is 35.3 Å². The highest BCUT2D eigenvalue weighted by atomic mass is 35.5. The Morgan fingerprint density at radius 2 is 1.78 bits per heavy atom. The van der Waals surface area contributed by atoms with Gasteiger partial charge in [0.05, 0.1) is 17.7 Å². The molecule has 92 valence electrons. The molecule has 2 aromatic carbocycles. The van der Waals surface area contributed by atoms with Gasteiger partial charge in [-0.25, -0.2) is 0 Å². The van der Waals surface area contributed by atoms with Crippen molar-refractivity contribution in [1.29, 1.82) is 0 Å². The van der Waals surface area contributed by atoms with Crippen LogP contribution in [0.4, 0.5) is 0 Å². The monoisotopic (exact) mass is 280 g/mol. The summed E-state index contributed by atoms with van der Waals surface area (Å²) < 4.78 is 5.16. The molecule has 4 heteroatoms. The Labute approximate surface area is 115 Å². The number of benzene rings is 2. The molecule has 0 saturated carbocycles. The average Bonchev–Trinajstić information content (AvgIpc) is 2.40. The summed E-state index contributed by atoms with van der Waals surface area (Å²) in [7, 11) is 1.52. The molecule has 0 aliphatic rings. The number of methoxy groups -OCH3 is 1. The fraction of sp³-hybridized carbons (Fsp3) is 0.0714. The minimum absolute atomic E-state index is 0.208. The number of hydrogen-bond acceptors (Lipinski definition) is 2. The molecular weight excluding hydrogens is 271 g/mol. The normalized spacial score (nSPS) is 10.2. The number of para-hydroxylation sites is 1. The zero-order valence-electron chi connectivity index (χ0n) is 9.61. The molecule has 18 heavy (non-hydrogen) atoms. The first-order chi connectivity index (χ1) is 8.63. The van der Waals surface area contributed by atoms with Gasteiger partial charge in [-0.3, -0.25) is 4.79 Å². The zero-order chi connectivity index (χ0) is 13.1. The van der Waals surface area contributed by atoms with Gasteiger partial charge in [0.25, 0.3) is 0 Å². The number of ether oxygens (including phenoxy) is 1. The van der Waals surface area contributed by atoms with E-state index in [0.717, 1.165) is 0 Å². The molecule has 0 aliphatic heterocycles. The fourth-order valence-electron chi connectivity index (χ4n) is 1.65. The highest BCUT2D eigenvalue weighted by molar-refractivity contribution is 6.36. The Morgan fingerprint density at radius 3 is 2.50 bits per heavy atom. The van der Waals surface area contributed by atoms with Gasteiger partial charge in [0.2, 0.25) is 0 Å². The lowest BCUT2D eigenvalue weighted by Crippen LogP contribution is -2.04. The largest absolute Gasteiger partial charge is 0.496 e. The predicted octanol–water partition coefficient (Wildman–Crippen LogP) is 4.23. The second-order valence-corrected chi connectivity index (χ2v) is 4.50. The quantitative estimate of drug-likeness (QED) is 0.787. The average molecular weight is 281 g/mol. The van der Waals surface area contributed by atoms with Gasteiger partial charge < -0.3 is 4.74 Å². The van der Waals surface area contributed by atoms with Crippen LogP contribution in [-0.4, -0.2) is 12.9 Å². The smallest absolute Gasteiger partial charge is 0.198 e. The van der Waals surface area contributed by atoms with Gasteiger partial charge in [0.1, 0.15) is 5.75 Å². The molecule has 2 nitrogen and oxygen atoms in total. The number of hydrogen-bond donors (Lipinski definition) is 0. The molecule has 0 bridgehead atoms. The lowest BCUT2D eigenvalue weighted by Gasteiger charge is -2.08. The third kappa shape index (κ3) is 2.50. The van der Waals surface area contributed by atoms with Crippen LogP contribution in [0.1, 0.15) is 15.9 Å². The van der Waals surface area contributed by atoms with Crippen molar-refractivity contribution in [3.8, 4) is 5.75 Å². The molecule has 0 N–H and O–H groups in total. The van der Waals surface area contributed by atoms with Crippen molar-refractivity contribution in [3.63, 3.8) is 0 Å². The van der Waals surface area contributed by atoms with Crippen LogP contribution in [0.5, 0.6) is 5.75 Å². The van der Waals surface area contributed by atoms with Gasteiger partial charge in [0, 0.05) is 10.6 Å². The van der Waals surface area contributed by atoms with Crippen molar-refractivity contribution >= 4 is 29.0 Å². The van der Waals surface area contributed by atoms with E-state index in [9.17, 15) is 4.79 Å². The molecular formula is C14H10Cl2O2. The van der Waals surface area contributed by atoms with Crippen molar-refractivity contribution in [2.24, 2.45) is 0 Å². The molecule has 0 aromatic heterocycles. The molecule has 0 saturated heterocycles. The molecule has 0 fully saturated rings. The Balaban J connectivity index is 2.51. The zero-order valence-corrected chi connectivity index (χ0v) is 11.1. The van der Waals surface area contributed by atoms with Gasteiger partial charge in [-0.15, -0.1) is 0 Å². The molecule has 0 unspecified atom stereocenters. The maximum absolute atomic E-state index is 12.4. The van der Waals surface area contributed by atoms with E-state index in [0.29, 0.717) is 26.9 Å². The van der Waals surface area contributed by atoms with E-state index in [1.165, 1.54) is 7.11 Å². The van der Waals surface area contributed by atoms with Crippen molar-refractivity contribution in [3.05, 3.63) is 63.6 Å². The molecule has 0 atom stereocenters. The first kappa shape index (κ1) is 12.9. The Hall–Kier alpha value is -1.51. The predicted molar refractivity (Wildman–Crippen MR) is 72.9 cm³/mol. The van der Waals surface area contributed by atoms with Crippen LogP contribution >= 0.6 is 23.2 Å². The number of halogens is 2. The van der Waals surface area contributed by atoms with Crippen molar-refractivity contribution < 1.29 is 9.53 Å². The van der Waals surface area contributed by atoms with Crippen LogP contribution in [-0.2, 0) is 0 Å². The summed E-state index contributed by atoms with van der Waals surface area (Å²) >= 11 is 11.9. The third-order valence-electron chi connectivity index (χ3n) is 2.52. The maximum Gasteiger partial charge on any atom is 0.198 e. The van der Waals surface area contributed by atoms with E-state index in [-0.39, 0.29) is 5.78 Å². The van der Waals surface area contributed by atoms with Gasteiger partial charge >= 0.3 is 0 Å². The van der Waals surface area contributed by atoms with Crippen LogP contribution < -0.4 is 4.74 Å². The molecule has 0 heterocycles. The molecule has 2 rings (SSSR count). The van der Waals surface area contributed by atoms with E-state index >= 15 is 0 Å². The summed E-state index contributed by atoms with van der Waals surface area (Å²) in [5, 5.41) is 0.841. The van der Waals surface area contributed by atoms with Crippen molar-refractivity contribution in [2.75, 3.05) is 7.11 Å². The third-order valence-corrected chi connectivity index (χ3v) is 3.09. The highest BCUT2D eigenvalue weighted by Gasteiger charge is 2.16. The highest BCUT2D eigenvalue weighted by Crippen LogP contribution is 2.27. The van der Waals surface area contributed by atoms with Crippen molar-refractivity contribution in [2.45, 2.75) is 0 Å². The lowest BCUT2D eigenvalue weighted by atomic mass is 10.0. The molecule has 2 aromatic rings. The van der Waals surface area contributed by atoms with E-state index in [1.54, 1.807) is 42.5 Å². The minimum atomic E-state index is -0.208. The Bertz CT molecular complexity index is 594. The summed E-state index contributed by atoms with van der Waals surface area (Å²) in [5.41, 5.74) is 0.831. The Morgan fingerprint density at radius 1 is 1.06 bits per heavy atom. The molecule has 0 amide bonds. The fourth-order valence-corrected chi connectivity index (χ4v) is 2.02. The molecule has 0 radical (unpaired) electrons. The van der Waals surface area contributed by atoms with Crippen LogP contribution in [0, 0.1) is 0 Å².